The van der Waals surface area contributed by atoms with Crippen LogP contribution in [0.2, 0.25) is 0 Å². The van der Waals surface area contributed by atoms with E-state index in [1.807, 2.05) is 32.0 Å². The molecular formula is C17H18F2O. The Morgan fingerprint density at radius 1 is 1.00 bits per heavy atom. The van der Waals surface area contributed by atoms with Crippen molar-refractivity contribution in [2.24, 2.45) is 0 Å². The Morgan fingerprint density at radius 3 is 2.00 bits per heavy atom. The standard InChI is InChI=1S/C17H18F2O/c1-11-5-4-6-12(2)16(11)10-17(3,20)13-7-14(18)9-15(19)8-13/h4-9,20H,10H2,1-3H3. The summed E-state index contributed by atoms with van der Waals surface area (Å²) in [4.78, 5) is 0. The van der Waals surface area contributed by atoms with Crippen LogP contribution in [0.5, 0.6) is 0 Å². The maximum Gasteiger partial charge on any atom is 0.126 e. The lowest BCUT2D eigenvalue weighted by atomic mass is 9.85. The predicted octanol–water partition coefficient (Wildman–Crippen LogP) is 4.03. The van der Waals surface area contributed by atoms with Gasteiger partial charge in [0.1, 0.15) is 11.6 Å². The zero-order valence-electron chi connectivity index (χ0n) is 11.9. The molecule has 0 saturated carbocycles. The highest BCUT2D eigenvalue weighted by atomic mass is 19.1. The van der Waals surface area contributed by atoms with Crippen LogP contribution in [-0.2, 0) is 12.0 Å². The Kier molecular flexibility index (Phi) is 3.91. The van der Waals surface area contributed by atoms with Gasteiger partial charge >= 0.3 is 0 Å². The Bertz CT molecular complexity index is 592. The van der Waals surface area contributed by atoms with Gasteiger partial charge in [0.25, 0.3) is 0 Å². The first-order chi connectivity index (χ1) is 9.29. The minimum absolute atomic E-state index is 0.248. The van der Waals surface area contributed by atoms with Gasteiger partial charge in [-0.3, -0.25) is 0 Å². The summed E-state index contributed by atoms with van der Waals surface area (Å²) in [5.74, 6) is -1.36. The molecule has 0 saturated heterocycles. The molecule has 0 bridgehead atoms. The average molecular weight is 276 g/mol. The predicted molar refractivity (Wildman–Crippen MR) is 75.5 cm³/mol. The summed E-state index contributed by atoms with van der Waals surface area (Å²) in [6.07, 6.45) is 0.314. The summed E-state index contributed by atoms with van der Waals surface area (Å²) in [5, 5.41) is 10.6. The number of halogens is 2. The van der Waals surface area contributed by atoms with Gasteiger partial charge in [0, 0.05) is 12.5 Å². The molecule has 106 valence electrons. The van der Waals surface area contributed by atoms with Crippen molar-refractivity contribution in [3.8, 4) is 0 Å². The van der Waals surface area contributed by atoms with Crippen molar-refractivity contribution in [2.75, 3.05) is 0 Å². The van der Waals surface area contributed by atoms with Crippen LogP contribution < -0.4 is 0 Å². The van der Waals surface area contributed by atoms with E-state index >= 15 is 0 Å². The van der Waals surface area contributed by atoms with Crippen LogP contribution in [0.25, 0.3) is 0 Å². The highest BCUT2D eigenvalue weighted by Gasteiger charge is 2.26. The van der Waals surface area contributed by atoms with Gasteiger partial charge in [0.2, 0.25) is 0 Å². The molecule has 1 nitrogen and oxygen atoms in total. The molecule has 3 heteroatoms. The molecule has 0 aliphatic rings. The van der Waals surface area contributed by atoms with E-state index in [9.17, 15) is 13.9 Å². The van der Waals surface area contributed by atoms with Crippen molar-refractivity contribution in [1.82, 2.24) is 0 Å². The Balaban J connectivity index is 2.40. The third-order valence-corrected chi connectivity index (χ3v) is 3.65. The largest absolute Gasteiger partial charge is 0.385 e. The van der Waals surface area contributed by atoms with Gasteiger partial charge in [0.05, 0.1) is 5.60 Å². The molecule has 1 atom stereocenters. The van der Waals surface area contributed by atoms with Crippen molar-refractivity contribution >= 4 is 0 Å². The van der Waals surface area contributed by atoms with Crippen LogP contribution in [0, 0.1) is 25.5 Å². The third-order valence-electron chi connectivity index (χ3n) is 3.65. The second kappa shape index (κ2) is 5.33. The van der Waals surface area contributed by atoms with E-state index in [1.54, 1.807) is 6.92 Å². The molecule has 0 radical (unpaired) electrons. The minimum atomic E-state index is -1.32. The summed E-state index contributed by atoms with van der Waals surface area (Å²) in [6, 6.07) is 9.03. The van der Waals surface area contributed by atoms with Gasteiger partial charge in [0.15, 0.2) is 0 Å². The zero-order chi connectivity index (χ0) is 14.9. The van der Waals surface area contributed by atoms with Crippen LogP contribution in [0.15, 0.2) is 36.4 Å². The van der Waals surface area contributed by atoms with E-state index in [1.165, 1.54) is 12.1 Å². The van der Waals surface area contributed by atoms with Crippen molar-refractivity contribution in [3.63, 3.8) is 0 Å². The summed E-state index contributed by atoms with van der Waals surface area (Å²) in [7, 11) is 0. The number of benzene rings is 2. The number of rotatable bonds is 3. The topological polar surface area (TPSA) is 20.2 Å². The number of hydrogen-bond donors (Lipinski definition) is 1. The molecule has 2 aromatic rings. The van der Waals surface area contributed by atoms with Gasteiger partial charge in [-0.25, -0.2) is 8.78 Å². The molecule has 0 aliphatic carbocycles. The molecule has 0 aliphatic heterocycles. The van der Waals surface area contributed by atoms with Gasteiger partial charge in [-0.2, -0.15) is 0 Å². The fraction of sp³-hybridized carbons (Fsp3) is 0.294. The van der Waals surface area contributed by atoms with Crippen LogP contribution >= 0.6 is 0 Å². The highest BCUT2D eigenvalue weighted by molar-refractivity contribution is 5.36. The first-order valence-electron chi connectivity index (χ1n) is 6.53. The summed E-state index contributed by atoms with van der Waals surface area (Å²) in [5.41, 5.74) is 2.05. The van der Waals surface area contributed by atoms with Crippen LogP contribution in [-0.4, -0.2) is 5.11 Å². The first-order valence-corrected chi connectivity index (χ1v) is 6.53. The quantitative estimate of drug-likeness (QED) is 0.897. The van der Waals surface area contributed by atoms with Crippen molar-refractivity contribution in [3.05, 3.63) is 70.3 Å². The van der Waals surface area contributed by atoms with E-state index in [4.69, 9.17) is 0 Å². The lowest BCUT2D eigenvalue weighted by molar-refractivity contribution is 0.0566. The first kappa shape index (κ1) is 14.7. The molecule has 1 unspecified atom stereocenters. The molecular weight excluding hydrogens is 258 g/mol. The van der Waals surface area contributed by atoms with Gasteiger partial charge in [-0.05, 0) is 55.2 Å². The highest BCUT2D eigenvalue weighted by Crippen LogP contribution is 2.29. The summed E-state index contributed by atoms with van der Waals surface area (Å²) < 4.78 is 26.6. The van der Waals surface area contributed by atoms with E-state index in [-0.39, 0.29) is 5.56 Å². The Morgan fingerprint density at radius 2 is 1.50 bits per heavy atom. The van der Waals surface area contributed by atoms with Crippen LogP contribution in [0.3, 0.4) is 0 Å². The van der Waals surface area contributed by atoms with Gasteiger partial charge < -0.3 is 5.11 Å². The Labute approximate surface area is 117 Å². The molecule has 0 heterocycles. The molecule has 20 heavy (non-hydrogen) atoms. The molecule has 0 spiro atoms. The van der Waals surface area contributed by atoms with E-state index in [0.29, 0.717) is 6.42 Å². The summed E-state index contributed by atoms with van der Waals surface area (Å²) >= 11 is 0. The van der Waals surface area contributed by atoms with Gasteiger partial charge in [-0.1, -0.05) is 18.2 Å². The van der Waals surface area contributed by atoms with Crippen LogP contribution in [0.1, 0.15) is 29.2 Å². The van der Waals surface area contributed by atoms with Crippen molar-refractivity contribution in [1.29, 1.82) is 0 Å². The fourth-order valence-electron chi connectivity index (χ4n) is 2.44. The second-order valence-electron chi connectivity index (χ2n) is 5.48. The zero-order valence-corrected chi connectivity index (χ0v) is 11.9. The Hall–Kier alpha value is -1.74. The maximum absolute atomic E-state index is 13.3. The number of aryl methyl sites for hydroxylation is 2. The molecule has 0 aromatic heterocycles. The monoisotopic (exact) mass is 276 g/mol. The van der Waals surface area contributed by atoms with E-state index < -0.39 is 17.2 Å². The minimum Gasteiger partial charge on any atom is -0.385 e. The smallest absolute Gasteiger partial charge is 0.126 e. The van der Waals surface area contributed by atoms with Crippen molar-refractivity contribution < 1.29 is 13.9 Å². The van der Waals surface area contributed by atoms with Gasteiger partial charge in [-0.15, -0.1) is 0 Å². The molecule has 0 amide bonds. The van der Waals surface area contributed by atoms with Crippen LogP contribution in [0.4, 0.5) is 8.78 Å². The van der Waals surface area contributed by atoms with E-state index in [0.717, 1.165) is 22.8 Å². The third kappa shape index (κ3) is 3.05. The number of hydrogen-bond acceptors (Lipinski definition) is 1. The lowest BCUT2D eigenvalue weighted by Gasteiger charge is -2.26. The molecule has 2 rings (SSSR count). The number of aliphatic hydroxyl groups is 1. The molecule has 0 fully saturated rings. The SMILES string of the molecule is Cc1cccc(C)c1CC(C)(O)c1cc(F)cc(F)c1. The second-order valence-corrected chi connectivity index (χ2v) is 5.48. The van der Waals surface area contributed by atoms with Crippen molar-refractivity contribution in [2.45, 2.75) is 32.8 Å². The molecule has 2 aromatic carbocycles. The fourth-order valence-corrected chi connectivity index (χ4v) is 2.44. The average Bonchev–Trinajstić information content (AvgIpc) is 2.33. The summed E-state index contributed by atoms with van der Waals surface area (Å²) in [6.45, 7) is 5.50. The normalized spacial score (nSPS) is 14.1. The maximum atomic E-state index is 13.3. The van der Waals surface area contributed by atoms with E-state index in [2.05, 4.69) is 0 Å². The lowest BCUT2D eigenvalue weighted by Crippen LogP contribution is -2.25. The molecule has 1 N–H and O–H groups in total.